The van der Waals surface area contributed by atoms with Crippen LogP contribution in [0.4, 0.5) is 34.9 Å². The van der Waals surface area contributed by atoms with Crippen LogP contribution in [0.1, 0.15) is 23.8 Å². The maximum absolute atomic E-state index is 14.6. The van der Waals surface area contributed by atoms with Gasteiger partial charge in [0.1, 0.15) is 17.6 Å². The Morgan fingerprint density at radius 1 is 1.22 bits per heavy atom. The fourth-order valence-electron chi connectivity index (χ4n) is 3.63. The number of nitrogens with two attached hydrogens (primary N) is 2. The normalized spacial score (nSPS) is 20.2. The number of piperidine rings is 1. The zero-order valence-electron chi connectivity index (χ0n) is 19.0. The Balaban J connectivity index is 1.62. The van der Waals surface area contributed by atoms with Crippen LogP contribution in [-0.2, 0) is 0 Å². The van der Waals surface area contributed by atoms with Crippen molar-refractivity contribution in [3.8, 4) is 17.1 Å². The van der Waals surface area contributed by atoms with Crippen LogP contribution in [0, 0.1) is 0 Å². The van der Waals surface area contributed by atoms with Crippen LogP contribution in [0.25, 0.3) is 11.4 Å². The Kier molecular flexibility index (Phi) is 6.63. The van der Waals surface area contributed by atoms with Crippen LogP contribution in [-0.4, -0.2) is 57.0 Å². The van der Waals surface area contributed by atoms with Crippen molar-refractivity contribution in [2.75, 3.05) is 29.0 Å². The van der Waals surface area contributed by atoms with Crippen LogP contribution in [0.3, 0.4) is 0 Å². The van der Waals surface area contributed by atoms with Gasteiger partial charge in [0.25, 0.3) is 5.91 Å². The van der Waals surface area contributed by atoms with Gasteiger partial charge in [0.05, 0.1) is 18.4 Å². The van der Waals surface area contributed by atoms with E-state index in [4.69, 9.17) is 11.5 Å². The Morgan fingerprint density at radius 2 is 1.94 bits per heavy atom. The summed E-state index contributed by atoms with van der Waals surface area (Å²) in [6, 6.07) is 5.60. The molecular weight excluding hydrogens is 484 g/mol. The molecule has 3 aromatic rings. The Bertz CT molecular complexity index is 1270. The zero-order chi connectivity index (χ0) is 26.1. The number of rotatable bonds is 5. The van der Waals surface area contributed by atoms with E-state index >= 15 is 0 Å². The topological polar surface area (TPSA) is 145 Å². The minimum atomic E-state index is -4.97. The van der Waals surface area contributed by atoms with Crippen molar-refractivity contribution in [1.82, 2.24) is 19.9 Å². The fraction of sp³-hybridized carbons (Fsp3) is 0.318. The van der Waals surface area contributed by atoms with Gasteiger partial charge in [0, 0.05) is 24.5 Å². The van der Waals surface area contributed by atoms with Crippen molar-refractivity contribution in [3.63, 3.8) is 0 Å². The number of amides is 1. The number of aromatic nitrogens is 4. The molecule has 36 heavy (non-hydrogen) atoms. The second-order valence-corrected chi connectivity index (χ2v) is 8.38. The first-order chi connectivity index (χ1) is 16.9. The van der Waals surface area contributed by atoms with Crippen molar-refractivity contribution in [1.29, 1.82) is 0 Å². The molecule has 1 fully saturated rings. The third-order valence-corrected chi connectivity index (χ3v) is 5.63. The molecule has 1 aliphatic rings. The summed E-state index contributed by atoms with van der Waals surface area (Å²) in [5, 5.41) is 2.57. The predicted molar refractivity (Wildman–Crippen MR) is 123 cm³/mol. The number of ether oxygens (including phenoxy) is 1. The second-order valence-electron chi connectivity index (χ2n) is 8.38. The number of hydrogen-bond acceptors (Lipinski definition) is 9. The van der Waals surface area contributed by atoms with E-state index in [0.717, 1.165) is 12.3 Å². The molecule has 1 saturated heterocycles. The van der Waals surface area contributed by atoms with Crippen molar-refractivity contribution in [3.05, 3.63) is 48.5 Å². The summed E-state index contributed by atoms with van der Waals surface area (Å²) in [6.45, 7) is 2.07. The van der Waals surface area contributed by atoms with Gasteiger partial charge in [-0.25, -0.2) is 19.3 Å². The molecule has 4 heterocycles. The molecule has 0 saturated carbocycles. The third-order valence-electron chi connectivity index (χ3n) is 5.63. The number of nitrogens with one attached hydrogen (secondary N) is 1. The molecular formula is C22H22F4N8O2. The van der Waals surface area contributed by atoms with E-state index in [1.54, 1.807) is 24.0 Å². The van der Waals surface area contributed by atoms with E-state index in [1.807, 2.05) is 0 Å². The summed E-state index contributed by atoms with van der Waals surface area (Å²) in [7, 11) is 0. The zero-order valence-corrected chi connectivity index (χ0v) is 19.0. The van der Waals surface area contributed by atoms with Gasteiger partial charge in [0.2, 0.25) is 0 Å². The van der Waals surface area contributed by atoms with Gasteiger partial charge in [-0.15, -0.1) is 13.2 Å². The molecule has 10 nitrogen and oxygen atoms in total. The van der Waals surface area contributed by atoms with Crippen molar-refractivity contribution in [2.24, 2.45) is 5.73 Å². The van der Waals surface area contributed by atoms with E-state index in [9.17, 15) is 22.4 Å². The maximum atomic E-state index is 14.6. The number of anilines is 3. The number of carbonyl (C=O) groups excluding carboxylic acids is 1. The largest absolute Gasteiger partial charge is 0.573 e. The van der Waals surface area contributed by atoms with Crippen LogP contribution in [0.5, 0.6) is 5.75 Å². The van der Waals surface area contributed by atoms with E-state index in [0.29, 0.717) is 18.7 Å². The number of nitrogen functional groups attached to an aromatic ring is 1. The predicted octanol–water partition coefficient (Wildman–Crippen LogP) is 2.93. The first-order valence-electron chi connectivity index (χ1n) is 10.7. The molecule has 0 aromatic carbocycles. The Labute approximate surface area is 202 Å². The van der Waals surface area contributed by atoms with Gasteiger partial charge in [-0.3, -0.25) is 9.78 Å². The SMILES string of the molecule is CC1(N)CCN(c2cccnc2NC(=O)c2nc(-c3ncccc3OC(F)(F)F)cnc2N)CC1F. The highest BCUT2D eigenvalue weighted by molar-refractivity contribution is 6.06. The third kappa shape index (κ3) is 5.43. The number of pyridine rings is 2. The van der Waals surface area contributed by atoms with Crippen molar-refractivity contribution in [2.45, 2.75) is 31.4 Å². The highest BCUT2D eigenvalue weighted by Gasteiger charge is 2.37. The molecule has 2 unspecified atom stereocenters. The molecule has 5 N–H and O–H groups in total. The van der Waals surface area contributed by atoms with Crippen LogP contribution in [0.2, 0.25) is 0 Å². The second kappa shape index (κ2) is 9.53. The molecule has 4 rings (SSSR count). The van der Waals surface area contributed by atoms with E-state index in [1.165, 1.54) is 18.5 Å². The van der Waals surface area contributed by atoms with Gasteiger partial charge in [-0.05, 0) is 37.6 Å². The van der Waals surface area contributed by atoms with Gasteiger partial charge >= 0.3 is 6.36 Å². The molecule has 0 bridgehead atoms. The molecule has 1 aliphatic heterocycles. The molecule has 1 amide bonds. The standard InChI is InChI=1S/C22H22F4N8O2/c1-21(28)6-9-34(11-15(21)23)13-4-2-8-30-19(13)33-20(35)17-18(27)31-10-12(32-17)16-14(5-3-7-29-16)36-22(24,25)26/h2-5,7-8,10,15H,6,9,11,28H2,1H3,(H2,27,31)(H,30,33,35). The van der Waals surface area contributed by atoms with E-state index in [-0.39, 0.29) is 35.3 Å². The summed E-state index contributed by atoms with van der Waals surface area (Å²) >= 11 is 0. The molecule has 0 aliphatic carbocycles. The smallest absolute Gasteiger partial charge is 0.403 e. The average molecular weight is 506 g/mol. The fourth-order valence-corrected chi connectivity index (χ4v) is 3.63. The average Bonchev–Trinajstić information content (AvgIpc) is 2.81. The summed E-state index contributed by atoms with van der Waals surface area (Å²) < 4.78 is 56.9. The molecule has 0 radical (unpaired) electrons. The Morgan fingerprint density at radius 3 is 2.67 bits per heavy atom. The lowest BCUT2D eigenvalue weighted by Gasteiger charge is -2.41. The number of halogens is 4. The quantitative estimate of drug-likeness (QED) is 0.445. The first kappa shape index (κ1) is 25.0. The van der Waals surface area contributed by atoms with E-state index in [2.05, 4.69) is 30.0 Å². The molecule has 190 valence electrons. The summed E-state index contributed by atoms with van der Waals surface area (Å²) in [5.41, 5.74) is 10.5. The van der Waals surface area contributed by atoms with Crippen molar-refractivity contribution < 1.29 is 27.1 Å². The minimum absolute atomic E-state index is 0.000647. The van der Waals surface area contributed by atoms with Crippen LogP contribution >= 0.6 is 0 Å². The summed E-state index contributed by atoms with van der Waals surface area (Å²) in [4.78, 5) is 30.8. The lowest BCUT2D eigenvalue weighted by atomic mass is 9.89. The molecule has 0 spiro atoms. The summed E-state index contributed by atoms with van der Waals surface area (Å²) in [6.07, 6.45) is -2.16. The number of alkyl halides is 4. The lowest BCUT2D eigenvalue weighted by Crippen LogP contribution is -2.57. The monoisotopic (exact) mass is 506 g/mol. The lowest BCUT2D eigenvalue weighted by molar-refractivity contribution is -0.274. The minimum Gasteiger partial charge on any atom is -0.403 e. The van der Waals surface area contributed by atoms with Gasteiger partial charge in [-0.2, -0.15) is 0 Å². The van der Waals surface area contributed by atoms with Gasteiger partial charge < -0.3 is 26.4 Å². The number of hydrogen-bond donors (Lipinski definition) is 3. The first-order valence-corrected chi connectivity index (χ1v) is 10.7. The van der Waals surface area contributed by atoms with Crippen LogP contribution < -0.4 is 26.4 Å². The highest BCUT2D eigenvalue weighted by Crippen LogP contribution is 2.33. The maximum Gasteiger partial charge on any atom is 0.573 e. The Hall–Kier alpha value is -4.07. The number of carbonyl (C=O) groups is 1. The van der Waals surface area contributed by atoms with Gasteiger partial charge in [-0.1, -0.05) is 0 Å². The molecule has 14 heteroatoms. The molecule has 3 aromatic heterocycles. The molecule has 2 atom stereocenters. The van der Waals surface area contributed by atoms with Crippen LogP contribution in [0.15, 0.2) is 42.9 Å². The van der Waals surface area contributed by atoms with Gasteiger partial charge in [0.15, 0.2) is 23.1 Å². The summed E-state index contributed by atoms with van der Waals surface area (Å²) in [5.74, 6) is -1.61. The van der Waals surface area contributed by atoms with Crippen molar-refractivity contribution >= 4 is 23.2 Å². The van der Waals surface area contributed by atoms with E-state index < -0.39 is 29.7 Å². The number of nitrogens with zero attached hydrogens (tertiary/aromatic N) is 5. The highest BCUT2D eigenvalue weighted by atomic mass is 19.4.